The number of nitrogens with zero attached hydrogens (tertiary/aromatic N) is 1. The van der Waals surface area contributed by atoms with Crippen LogP contribution in [0.4, 0.5) is 0 Å². The highest BCUT2D eigenvalue weighted by Crippen LogP contribution is 2.27. The van der Waals surface area contributed by atoms with E-state index >= 15 is 0 Å². The second-order valence-electron chi connectivity index (χ2n) is 5.05. The smallest absolute Gasteiger partial charge is 0.254 e. The molecule has 0 radical (unpaired) electrons. The monoisotopic (exact) mass is 244 g/mol. The van der Waals surface area contributed by atoms with Crippen molar-refractivity contribution < 1.29 is 9.59 Å². The molecule has 0 bridgehead atoms. The second-order valence-corrected chi connectivity index (χ2v) is 5.05. The van der Waals surface area contributed by atoms with Crippen LogP contribution in [0.25, 0.3) is 0 Å². The molecule has 2 aliphatic heterocycles. The fourth-order valence-electron chi connectivity index (χ4n) is 2.95. The lowest BCUT2D eigenvalue weighted by atomic mass is 10.1. The Morgan fingerprint density at radius 2 is 2.17 bits per heavy atom. The largest absolute Gasteiger partial charge is 0.351 e. The fraction of sp³-hybridized carbons (Fsp3) is 0.429. The molecule has 4 heteroatoms. The molecule has 2 aliphatic rings. The van der Waals surface area contributed by atoms with Gasteiger partial charge in [-0.3, -0.25) is 9.59 Å². The first-order valence-corrected chi connectivity index (χ1v) is 6.33. The van der Waals surface area contributed by atoms with Crippen LogP contribution in [0, 0.1) is 6.92 Å². The van der Waals surface area contributed by atoms with E-state index in [4.69, 9.17) is 0 Å². The predicted molar refractivity (Wildman–Crippen MR) is 67.2 cm³/mol. The van der Waals surface area contributed by atoms with Gasteiger partial charge in [-0.2, -0.15) is 0 Å². The molecule has 2 amide bonds. The summed E-state index contributed by atoms with van der Waals surface area (Å²) < 4.78 is 0. The summed E-state index contributed by atoms with van der Waals surface area (Å²) >= 11 is 0. The Morgan fingerprint density at radius 1 is 1.39 bits per heavy atom. The summed E-state index contributed by atoms with van der Waals surface area (Å²) in [5.41, 5.74) is 1.74. The minimum absolute atomic E-state index is 0.0459. The van der Waals surface area contributed by atoms with Crippen molar-refractivity contribution in [3.8, 4) is 0 Å². The molecule has 0 aromatic heterocycles. The van der Waals surface area contributed by atoms with Crippen LogP contribution in [0.5, 0.6) is 0 Å². The van der Waals surface area contributed by atoms with Crippen LogP contribution in [0.15, 0.2) is 24.3 Å². The molecular formula is C14H16N2O2. The number of amides is 2. The summed E-state index contributed by atoms with van der Waals surface area (Å²) in [7, 11) is 0. The lowest BCUT2D eigenvalue weighted by Crippen LogP contribution is -2.38. The molecule has 2 heterocycles. The zero-order valence-electron chi connectivity index (χ0n) is 10.3. The molecule has 18 heavy (non-hydrogen) atoms. The second kappa shape index (κ2) is 4.12. The molecule has 94 valence electrons. The molecule has 1 aromatic carbocycles. The van der Waals surface area contributed by atoms with Crippen LogP contribution in [0.3, 0.4) is 0 Å². The van der Waals surface area contributed by atoms with Gasteiger partial charge in [0.05, 0.1) is 12.1 Å². The Morgan fingerprint density at radius 3 is 2.94 bits per heavy atom. The van der Waals surface area contributed by atoms with Crippen LogP contribution in [0.1, 0.15) is 28.8 Å². The molecule has 2 atom stereocenters. The lowest BCUT2D eigenvalue weighted by Gasteiger charge is -2.23. The summed E-state index contributed by atoms with van der Waals surface area (Å²) in [6, 6.07) is 7.81. The van der Waals surface area contributed by atoms with E-state index in [1.165, 1.54) is 0 Å². The van der Waals surface area contributed by atoms with Gasteiger partial charge in [0, 0.05) is 18.5 Å². The average molecular weight is 244 g/mol. The Kier molecular flexibility index (Phi) is 2.58. The zero-order chi connectivity index (χ0) is 12.7. The van der Waals surface area contributed by atoms with Crippen molar-refractivity contribution in [2.45, 2.75) is 31.8 Å². The molecule has 4 nitrogen and oxygen atoms in total. The Labute approximate surface area is 106 Å². The van der Waals surface area contributed by atoms with E-state index in [-0.39, 0.29) is 23.9 Å². The molecule has 1 N–H and O–H groups in total. The zero-order valence-corrected chi connectivity index (χ0v) is 10.3. The van der Waals surface area contributed by atoms with E-state index in [9.17, 15) is 9.59 Å². The number of rotatable bonds is 1. The highest BCUT2D eigenvalue weighted by molar-refractivity contribution is 5.96. The Balaban J connectivity index is 1.86. The van der Waals surface area contributed by atoms with Crippen molar-refractivity contribution in [3.63, 3.8) is 0 Å². The van der Waals surface area contributed by atoms with Gasteiger partial charge in [-0.1, -0.05) is 18.2 Å². The van der Waals surface area contributed by atoms with Gasteiger partial charge in [0.15, 0.2) is 0 Å². The highest BCUT2D eigenvalue weighted by atomic mass is 16.2. The maximum atomic E-state index is 12.5. The van der Waals surface area contributed by atoms with Gasteiger partial charge >= 0.3 is 0 Å². The van der Waals surface area contributed by atoms with Crippen molar-refractivity contribution in [1.29, 1.82) is 0 Å². The number of hydrogen-bond acceptors (Lipinski definition) is 2. The number of carbonyl (C=O) groups is 2. The maximum Gasteiger partial charge on any atom is 0.254 e. The van der Waals surface area contributed by atoms with E-state index in [1.54, 1.807) is 0 Å². The van der Waals surface area contributed by atoms with Crippen LogP contribution in [0.2, 0.25) is 0 Å². The number of carbonyl (C=O) groups excluding carboxylic acids is 2. The van der Waals surface area contributed by atoms with Crippen molar-refractivity contribution in [2.24, 2.45) is 0 Å². The summed E-state index contributed by atoms with van der Waals surface area (Å²) in [5, 5.41) is 2.93. The summed E-state index contributed by atoms with van der Waals surface area (Å²) in [4.78, 5) is 25.7. The van der Waals surface area contributed by atoms with Crippen molar-refractivity contribution >= 4 is 11.8 Å². The van der Waals surface area contributed by atoms with Crippen molar-refractivity contribution in [1.82, 2.24) is 10.2 Å². The number of hydrogen-bond donors (Lipinski definition) is 1. The van der Waals surface area contributed by atoms with E-state index in [0.29, 0.717) is 6.42 Å². The Hall–Kier alpha value is -1.84. The predicted octanol–water partition coefficient (Wildman–Crippen LogP) is 1.10. The standard InChI is InChI=1S/C14H16N2O2/c1-9-4-2-3-5-10(9)14(18)16-7-6-11-12(16)8-13(17)15-11/h2-5,11-12H,6-8H2,1H3,(H,15,17)/t11-,12+/m0/s1. The normalized spacial score (nSPS) is 26.1. The SMILES string of the molecule is Cc1ccccc1C(=O)N1CC[C@@H]2NC(=O)C[C@H]21. The van der Waals surface area contributed by atoms with Crippen LogP contribution in [-0.4, -0.2) is 35.3 Å². The van der Waals surface area contributed by atoms with Gasteiger partial charge in [0.1, 0.15) is 0 Å². The topological polar surface area (TPSA) is 49.4 Å². The number of nitrogens with one attached hydrogen (secondary N) is 1. The van der Waals surface area contributed by atoms with Gasteiger partial charge < -0.3 is 10.2 Å². The lowest BCUT2D eigenvalue weighted by molar-refractivity contribution is -0.119. The first-order chi connectivity index (χ1) is 8.66. The molecule has 0 unspecified atom stereocenters. The van der Waals surface area contributed by atoms with Gasteiger partial charge in [-0.15, -0.1) is 0 Å². The molecular weight excluding hydrogens is 228 g/mol. The third kappa shape index (κ3) is 1.68. The molecule has 2 fully saturated rings. The van der Waals surface area contributed by atoms with E-state index in [2.05, 4.69) is 5.32 Å². The molecule has 0 aliphatic carbocycles. The van der Waals surface area contributed by atoms with E-state index in [0.717, 1.165) is 24.1 Å². The van der Waals surface area contributed by atoms with E-state index in [1.807, 2.05) is 36.1 Å². The highest BCUT2D eigenvalue weighted by Gasteiger charge is 2.43. The first-order valence-electron chi connectivity index (χ1n) is 6.33. The molecule has 0 spiro atoms. The average Bonchev–Trinajstić information content (AvgIpc) is 2.87. The summed E-state index contributed by atoms with van der Waals surface area (Å²) in [5.74, 6) is 0.115. The maximum absolute atomic E-state index is 12.5. The summed E-state index contributed by atoms with van der Waals surface area (Å²) in [6.07, 6.45) is 1.32. The van der Waals surface area contributed by atoms with Gasteiger partial charge in [0.2, 0.25) is 5.91 Å². The molecule has 2 saturated heterocycles. The number of fused-ring (bicyclic) bond motifs is 1. The first kappa shape index (κ1) is 11.3. The van der Waals surface area contributed by atoms with Gasteiger partial charge in [-0.25, -0.2) is 0 Å². The quantitative estimate of drug-likeness (QED) is 0.804. The number of benzene rings is 1. The minimum atomic E-state index is 0.0459. The summed E-state index contributed by atoms with van der Waals surface area (Å²) in [6.45, 7) is 2.68. The van der Waals surface area contributed by atoms with Crippen LogP contribution < -0.4 is 5.32 Å². The van der Waals surface area contributed by atoms with Crippen LogP contribution in [-0.2, 0) is 4.79 Å². The van der Waals surface area contributed by atoms with Crippen LogP contribution >= 0.6 is 0 Å². The fourth-order valence-corrected chi connectivity index (χ4v) is 2.95. The van der Waals surface area contributed by atoms with Crippen molar-refractivity contribution in [3.05, 3.63) is 35.4 Å². The molecule has 0 saturated carbocycles. The minimum Gasteiger partial charge on any atom is -0.351 e. The third-order valence-corrected chi connectivity index (χ3v) is 3.92. The van der Waals surface area contributed by atoms with Crippen molar-refractivity contribution in [2.75, 3.05) is 6.54 Å². The van der Waals surface area contributed by atoms with E-state index < -0.39 is 0 Å². The number of likely N-dealkylation sites (tertiary alicyclic amines) is 1. The Bertz CT molecular complexity index is 512. The van der Waals surface area contributed by atoms with Gasteiger partial charge in [-0.05, 0) is 25.0 Å². The molecule has 3 rings (SSSR count). The van der Waals surface area contributed by atoms with Gasteiger partial charge in [0.25, 0.3) is 5.91 Å². The molecule has 1 aromatic rings. The third-order valence-electron chi connectivity index (χ3n) is 3.92. The number of aryl methyl sites for hydroxylation is 1.